The van der Waals surface area contributed by atoms with Gasteiger partial charge >= 0.3 is 0 Å². The SMILES string of the molecule is CCC[C@@H]1CCCC(=C\c2ccc(OC)cc2)/C1=N/OCCN1CCCCCC1. The fourth-order valence-corrected chi connectivity index (χ4v) is 4.52. The molecule has 1 atom stereocenters. The van der Waals surface area contributed by atoms with Crippen LogP contribution in [0.1, 0.15) is 70.3 Å². The number of allylic oxidation sites excluding steroid dienone is 1. The van der Waals surface area contributed by atoms with Crippen LogP contribution in [-0.4, -0.2) is 44.0 Å². The van der Waals surface area contributed by atoms with E-state index < -0.39 is 0 Å². The van der Waals surface area contributed by atoms with E-state index in [1.54, 1.807) is 7.11 Å². The third kappa shape index (κ3) is 6.88. The van der Waals surface area contributed by atoms with Crippen LogP contribution in [0.3, 0.4) is 0 Å². The topological polar surface area (TPSA) is 34.1 Å². The van der Waals surface area contributed by atoms with Crippen LogP contribution >= 0.6 is 0 Å². The van der Waals surface area contributed by atoms with Gasteiger partial charge in [0.15, 0.2) is 0 Å². The van der Waals surface area contributed by atoms with Gasteiger partial charge in [-0.15, -0.1) is 0 Å². The predicted molar refractivity (Wildman–Crippen MR) is 122 cm³/mol. The molecule has 1 heterocycles. The van der Waals surface area contributed by atoms with Gasteiger partial charge in [-0.1, -0.05) is 43.5 Å². The Labute approximate surface area is 177 Å². The Morgan fingerprint density at radius 2 is 1.83 bits per heavy atom. The van der Waals surface area contributed by atoms with E-state index in [0.717, 1.165) is 18.7 Å². The van der Waals surface area contributed by atoms with Gasteiger partial charge in [0.05, 0.1) is 12.8 Å². The quantitative estimate of drug-likeness (QED) is 0.402. The van der Waals surface area contributed by atoms with Gasteiger partial charge < -0.3 is 9.57 Å². The molecular formula is C25H38N2O2. The van der Waals surface area contributed by atoms with Crippen molar-refractivity contribution >= 4 is 11.8 Å². The zero-order valence-electron chi connectivity index (χ0n) is 18.4. The summed E-state index contributed by atoms with van der Waals surface area (Å²) < 4.78 is 5.28. The van der Waals surface area contributed by atoms with Crippen molar-refractivity contribution in [2.75, 3.05) is 33.4 Å². The molecule has 1 aromatic rings. The van der Waals surface area contributed by atoms with Gasteiger partial charge in [-0.25, -0.2) is 0 Å². The summed E-state index contributed by atoms with van der Waals surface area (Å²) in [6.07, 6.45) is 13.6. The van der Waals surface area contributed by atoms with E-state index in [9.17, 15) is 0 Å². The molecule has 1 saturated carbocycles. The van der Waals surface area contributed by atoms with Crippen molar-refractivity contribution in [1.29, 1.82) is 0 Å². The molecule has 0 aromatic heterocycles. The molecule has 0 spiro atoms. The number of ether oxygens (including phenoxy) is 1. The first kappa shape index (κ1) is 21.9. The van der Waals surface area contributed by atoms with Crippen LogP contribution < -0.4 is 4.74 Å². The van der Waals surface area contributed by atoms with Crippen LogP contribution in [0.2, 0.25) is 0 Å². The summed E-state index contributed by atoms with van der Waals surface area (Å²) in [6.45, 7) is 6.37. The van der Waals surface area contributed by atoms with E-state index in [1.165, 1.54) is 81.3 Å². The predicted octanol–water partition coefficient (Wildman–Crippen LogP) is 5.93. The van der Waals surface area contributed by atoms with Crippen molar-refractivity contribution in [1.82, 2.24) is 4.90 Å². The molecule has 0 radical (unpaired) electrons. The lowest BCUT2D eigenvalue weighted by atomic mass is 9.80. The van der Waals surface area contributed by atoms with Crippen molar-refractivity contribution in [3.05, 3.63) is 35.4 Å². The lowest BCUT2D eigenvalue weighted by Crippen LogP contribution is -2.28. The van der Waals surface area contributed by atoms with Gasteiger partial charge in [0.25, 0.3) is 0 Å². The summed E-state index contributed by atoms with van der Waals surface area (Å²) in [5, 5.41) is 4.70. The van der Waals surface area contributed by atoms with Gasteiger partial charge in [0.1, 0.15) is 12.4 Å². The summed E-state index contributed by atoms with van der Waals surface area (Å²) in [5.74, 6) is 1.42. The van der Waals surface area contributed by atoms with Crippen molar-refractivity contribution < 1.29 is 9.57 Å². The maximum atomic E-state index is 5.88. The maximum Gasteiger partial charge on any atom is 0.129 e. The minimum atomic E-state index is 0.524. The maximum absolute atomic E-state index is 5.88. The molecule has 2 aliphatic rings. The summed E-state index contributed by atoms with van der Waals surface area (Å²) in [5.41, 5.74) is 3.73. The molecule has 0 amide bonds. The van der Waals surface area contributed by atoms with Gasteiger partial charge in [-0.2, -0.15) is 0 Å². The summed E-state index contributed by atoms with van der Waals surface area (Å²) >= 11 is 0. The van der Waals surface area contributed by atoms with Gasteiger partial charge in [-0.05, 0) is 81.0 Å². The van der Waals surface area contributed by atoms with E-state index in [2.05, 4.69) is 30.0 Å². The highest BCUT2D eigenvalue weighted by atomic mass is 16.6. The second-order valence-electron chi connectivity index (χ2n) is 8.39. The van der Waals surface area contributed by atoms with Crippen molar-refractivity contribution in [2.45, 2.75) is 64.7 Å². The largest absolute Gasteiger partial charge is 0.497 e. The van der Waals surface area contributed by atoms with Gasteiger partial charge in [-0.3, -0.25) is 4.90 Å². The smallest absolute Gasteiger partial charge is 0.129 e. The molecule has 0 unspecified atom stereocenters. The van der Waals surface area contributed by atoms with E-state index in [-0.39, 0.29) is 0 Å². The standard InChI is InChI=1S/C25H38N2O2/c1-3-9-22-10-8-11-23(20-21-12-14-24(28-2)15-13-21)25(22)26-29-19-18-27-16-6-4-5-7-17-27/h12-15,20,22H,3-11,16-19H2,1-2H3/b23-20+,26-25+/t22-/m1/s1. The third-order valence-corrected chi connectivity index (χ3v) is 6.17. The normalized spacial score (nSPS) is 23.9. The minimum absolute atomic E-state index is 0.524. The molecule has 0 N–H and O–H groups in total. The Morgan fingerprint density at radius 3 is 2.52 bits per heavy atom. The van der Waals surface area contributed by atoms with E-state index in [4.69, 9.17) is 14.7 Å². The van der Waals surface area contributed by atoms with Crippen LogP contribution in [-0.2, 0) is 4.84 Å². The van der Waals surface area contributed by atoms with Crippen molar-refractivity contribution in [3.8, 4) is 5.75 Å². The summed E-state index contributed by atoms with van der Waals surface area (Å²) in [4.78, 5) is 8.42. The molecule has 2 fully saturated rings. The van der Waals surface area contributed by atoms with E-state index in [0.29, 0.717) is 12.5 Å². The zero-order chi connectivity index (χ0) is 20.3. The van der Waals surface area contributed by atoms with Crippen molar-refractivity contribution in [3.63, 3.8) is 0 Å². The molecular weight excluding hydrogens is 360 g/mol. The van der Waals surface area contributed by atoms with Crippen molar-refractivity contribution in [2.24, 2.45) is 11.1 Å². The fraction of sp³-hybridized carbons (Fsp3) is 0.640. The number of nitrogens with zero attached hydrogens (tertiary/aromatic N) is 2. The Morgan fingerprint density at radius 1 is 1.07 bits per heavy atom. The molecule has 1 aromatic carbocycles. The van der Waals surface area contributed by atoms with Gasteiger partial charge in [0.2, 0.25) is 0 Å². The lowest BCUT2D eigenvalue weighted by Gasteiger charge is -2.26. The number of methoxy groups -OCH3 is 1. The Bertz CT molecular complexity index is 656. The van der Waals surface area contributed by atoms with Crippen LogP contribution in [0.4, 0.5) is 0 Å². The number of benzene rings is 1. The van der Waals surface area contributed by atoms with Gasteiger partial charge in [0, 0.05) is 12.5 Å². The molecule has 4 heteroatoms. The molecule has 1 aliphatic carbocycles. The first-order valence-corrected chi connectivity index (χ1v) is 11.6. The summed E-state index contributed by atoms with van der Waals surface area (Å²) in [7, 11) is 1.71. The molecule has 1 saturated heterocycles. The molecule has 3 rings (SSSR count). The second kappa shape index (κ2) is 12.0. The first-order valence-electron chi connectivity index (χ1n) is 11.6. The lowest BCUT2D eigenvalue weighted by molar-refractivity contribution is 0.110. The highest BCUT2D eigenvalue weighted by Crippen LogP contribution is 2.31. The Kier molecular flexibility index (Phi) is 9.07. The second-order valence-corrected chi connectivity index (χ2v) is 8.39. The average molecular weight is 399 g/mol. The molecule has 29 heavy (non-hydrogen) atoms. The minimum Gasteiger partial charge on any atom is -0.497 e. The zero-order valence-corrected chi connectivity index (χ0v) is 18.4. The highest BCUT2D eigenvalue weighted by molar-refractivity contribution is 6.05. The van der Waals surface area contributed by atoms with Crippen LogP contribution in [0.25, 0.3) is 6.08 Å². The number of hydrogen-bond donors (Lipinski definition) is 0. The Hall–Kier alpha value is -1.81. The summed E-state index contributed by atoms with van der Waals surface area (Å²) in [6, 6.07) is 8.28. The van der Waals surface area contributed by atoms with Crippen LogP contribution in [0.15, 0.2) is 35.0 Å². The Balaban J connectivity index is 1.66. The number of likely N-dealkylation sites (tertiary alicyclic amines) is 1. The highest BCUT2D eigenvalue weighted by Gasteiger charge is 2.24. The average Bonchev–Trinajstić information content (AvgIpc) is 3.02. The van der Waals surface area contributed by atoms with E-state index in [1.807, 2.05) is 12.1 Å². The number of rotatable bonds is 8. The molecule has 0 bridgehead atoms. The first-order chi connectivity index (χ1) is 14.3. The van der Waals surface area contributed by atoms with Crippen LogP contribution in [0, 0.1) is 5.92 Å². The van der Waals surface area contributed by atoms with Crippen LogP contribution in [0.5, 0.6) is 5.75 Å². The molecule has 4 nitrogen and oxygen atoms in total. The fourth-order valence-electron chi connectivity index (χ4n) is 4.52. The van der Waals surface area contributed by atoms with E-state index >= 15 is 0 Å². The molecule has 160 valence electrons. The monoisotopic (exact) mass is 398 g/mol. The number of oxime groups is 1. The number of hydrogen-bond acceptors (Lipinski definition) is 4. The third-order valence-electron chi connectivity index (χ3n) is 6.17. The molecule has 1 aliphatic heterocycles.